The first-order chi connectivity index (χ1) is 17.4. The number of hydrogen-bond acceptors (Lipinski definition) is 4. The zero-order valence-corrected chi connectivity index (χ0v) is 22.8. The van der Waals surface area contributed by atoms with Crippen molar-refractivity contribution in [2.45, 2.75) is 58.5 Å². The molecule has 1 amide bonds. The summed E-state index contributed by atoms with van der Waals surface area (Å²) >= 11 is 6.46. The number of carbonyl (C=O) groups excluding carboxylic acids is 1. The number of amides is 1. The van der Waals surface area contributed by atoms with Gasteiger partial charge in [0.1, 0.15) is 22.7 Å². The number of benzene rings is 3. The molecule has 0 unspecified atom stereocenters. The minimum absolute atomic E-state index is 0.0169. The summed E-state index contributed by atoms with van der Waals surface area (Å²) in [6.45, 7) is 10.1. The molecule has 0 aliphatic carbocycles. The van der Waals surface area contributed by atoms with Gasteiger partial charge in [-0.15, -0.1) is 0 Å². The number of nitrogens with zero attached hydrogens (tertiary/aromatic N) is 1. The number of hydrogen-bond donors (Lipinski definition) is 1. The van der Waals surface area contributed by atoms with Crippen LogP contribution in [-0.4, -0.2) is 30.2 Å². The molecule has 0 spiro atoms. The van der Waals surface area contributed by atoms with E-state index in [0.717, 1.165) is 35.3 Å². The molecule has 1 N–H and O–H groups in total. The number of aryl methyl sites for hydroxylation is 2. The minimum Gasteiger partial charge on any atom is -0.496 e. The fourth-order valence-electron chi connectivity index (χ4n) is 5.00. The van der Waals surface area contributed by atoms with E-state index in [9.17, 15) is 14.7 Å². The highest BCUT2D eigenvalue weighted by Crippen LogP contribution is 2.44. The van der Waals surface area contributed by atoms with Crippen LogP contribution in [0.4, 0.5) is 11.4 Å². The summed E-state index contributed by atoms with van der Waals surface area (Å²) in [6.07, 6.45) is 2.53. The lowest BCUT2D eigenvalue weighted by molar-refractivity contribution is -0.106. The summed E-state index contributed by atoms with van der Waals surface area (Å²) in [5, 5.41) is 10.3. The predicted molar refractivity (Wildman–Crippen MR) is 146 cm³/mol. The first-order valence-electron chi connectivity index (χ1n) is 12.2. The van der Waals surface area contributed by atoms with Crippen LogP contribution in [0.3, 0.4) is 0 Å². The monoisotopic (exact) mass is 521 g/mol. The van der Waals surface area contributed by atoms with Gasteiger partial charge in [0.2, 0.25) is 6.41 Å². The summed E-state index contributed by atoms with van der Waals surface area (Å²) in [6, 6.07) is 14.8. The van der Waals surface area contributed by atoms with Crippen LogP contribution in [-0.2, 0) is 16.6 Å². The van der Waals surface area contributed by atoms with Crippen molar-refractivity contribution in [3.8, 4) is 11.5 Å². The number of carbonyl (C=O) groups is 2. The van der Waals surface area contributed by atoms with Gasteiger partial charge in [-0.3, -0.25) is 9.69 Å². The van der Waals surface area contributed by atoms with E-state index in [0.29, 0.717) is 28.4 Å². The second-order valence-electron chi connectivity index (χ2n) is 10.6. The van der Waals surface area contributed by atoms with Crippen LogP contribution in [0.2, 0.25) is 5.02 Å². The fraction of sp³-hybridized carbons (Fsp3) is 0.333. The van der Waals surface area contributed by atoms with Crippen molar-refractivity contribution < 1.29 is 24.2 Å². The van der Waals surface area contributed by atoms with E-state index in [1.54, 1.807) is 25.1 Å². The second-order valence-corrected chi connectivity index (χ2v) is 11.0. The summed E-state index contributed by atoms with van der Waals surface area (Å²) in [5.41, 5.74) is 3.92. The predicted octanol–water partition coefficient (Wildman–Crippen LogP) is 7.08. The Balaban J connectivity index is 1.84. The van der Waals surface area contributed by atoms with Gasteiger partial charge in [-0.1, -0.05) is 37.6 Å². The van der Waals surface area contributed by atoms with E-state index in [-0.39, 0.29) is 16.9 Å². The highest BCUT2D eigenvalue weighted by Gasteiger charge is 2.32. The molecule has 4 rings (SSSR count). The van der Waals surface area contributed by atoms with Gasteiger partial charge in [0.25, 0.3) is 0 Å². The molecule has 0 saturated carbocycles. The number of carboxylic acids is 1. The van der Waals surface area contributed by atoms with E-state index < -0.39 is 11.4 Å². The van der Waals surface area contributed by atoms with Crippen LogP contribution in [0.1, 0.15) is 66.7 Å². The van der Waals surface area contributed by atoms with E-state index in [1.807, 2.05) is 12.1 Å². The highest BCUT2D eigenvalue weighted by atomic mass is 35.5. The van der Waals surface area contributed by atoms with E-state index in [4.69, 9.17) is 21.1 Å². The van der Waals surface area contributed by atoms with Gasteiger partial charge in [-0.05, 0) is 92.3 Å². The van der Waals surface area contributed by atoms with Gasteiger partial charge in [0, 0.05) is 10.4 Å². The number of carboxylic acid groups (broad SMARTS) is 1. The van der Waals surface area contributed by atoms with Crippen molar-refractivity contribution in [2.24, 2.45) is 0 Å². The first kappa shape index (κ1) is 26.6. The molecule has 0 bridgehead atoms. The summed E-state index contributed by atoms with van der Waals surface area (Å²) in [5.74, 6) is 0.0218. The van der Waals surface area contributed by atoms with Crippen LogP contribution in [0.25, 0.3) is 0 Å². The molecule has 0 aromatic heterocycles. The number of anilines is 2. The molecule has 1 heterocycles. The molecule has 3 aromatic carbocycles. The van der Waals surface area contributed by atoms with Crippen LogP contribution in [0.15, 0.2) is 48.5 Å². The fourth-order valence-corrected chi connectivity index (χ4v) is 5.17. The maximum absolute atomic E-state index is 12.5. The molecule has 0 fully saturated rings. The normalized spacial score (nSPS) is 14.4. The van der Waals surface area contributed by atoms with Crippen LogP contribution in [0.5, 0.6) is 11.5 Å². The Morgan fingerprint density at radius 3 is 2.54 bits per heavy atom. The number of aromatic carboxylic acids is 1. The molecular weight excluding hydrogens is 490 g/mol. The van der Waals surface area contributed by atoms with E-state index in [2.05, 4.69) is 39.8 Å². The van der Waals surface area contributed by atoms with Gasteiger partial charge in [0.15, 0.2) is 0 Å². The van der Waals surface area contributed by atoms with Crippen LogP contribution >= 0.6 is 11.6 Å². The molecule has 0 saturated heterocycles. The lowest BCUT2D eigenvalue weighted by Crippen LogP contribution is -2.33. The smallest absolute Gasteiger partial charge is 0.339 e. The van der Waals surface area contributed by atoms with Crippen molar-refractivity contribution in [1.82, 2.24) is 0 Å². The number of rotatable bonds is 7. The maximum atomic E-state index is 12.5. The molecule has 37 heavy (non-hydrogen) atoms. The van der Waals surface area contributed by atoms with Crippen molar-refractivity contribution in [2.75, 3.05) is 12.0 Å². The third-order valence-corrected chi connectivity index (χ3v) is 7.37. The molecule has 7 heteroatoms. The topological polar surface area (TPSA) is 76.1 Å². The number of halogens is 1. The second kappa shape index (κ2) is 9.75. The Bertz CT molecular complexity index is 1380. The maximum Gasteiger partial charge on any atom is 0.339 e. The van der Waals surface area contributed by atoms with E-state index in [1.165, 1.54) is 18.1 Å². The molecule has 1 aliphatic rings. The van der Waals surface area contributed by atoms with Crippen LogP contribution < -0.4 is 14.4 Å². The summed E-state index contributed by atoms with van der Waals surface area (Å²) in [7, 11) is 1.43. The van der Waals surface area contributed by atoms with Gasteiger partial charge >= 0.3 is 5.97 Å². The molecular formula is C30H32ClNO5. The Morgan fingerprint density at radius 1 is 1.16 bits per heavy atom. The molecule has 1 aliphatic heterocycles. The van der Waals surface area contributed by atoms with Crippen molar-refractivity contribution in [1.29, 1.82) is 0 Å². The van der Waals surface area contributed by atoms with Gasteiger partial charge in [-0.25, -0.2) is 4.79 Å². The Hall–Kier alpha value is -3.51. The summed E-state index contributed by atoms with van der Waals surface area (Å²) in [4.78, 5) is 25.9. The number of methoxy groups -OCH3 is 1. The molecule has 194 valence electrons. The third-order valence-electron chi connectivity index (χ3n) is 7.13. The zero-order valence-electron chi connectivity index (χ0n) is 22.0. The van der Waals surface area contributed by atoms with Gasteiger partial charge in [-0.2, -0.15) is 0 Å². The quantitative estimate of drug-likeness (QED) is 0.336. The SMILES string of the molecule is COc1c(C)cc(N(C=O)c2ccc(Cl)cc2C(C)(C)c2ccc3c(c2)CCC(C)(C)O3)cc1C(=O)O. The van der Waals surface area contributed by atoms with Crippen molar-refractivity contribution >= 4 is 35.4 Å². The Morgan fingerprint density at radius 2 is 1.89 bits per heavy atom. The third kappa shape index (κ3) is 5.03. The number of ether oxygens (including phenoxy) is 2. The standard InChI is InChI=1S/C30H32ClNO5/c1-18-13-22(16-23(28(34)35)27(18)36-6)32(17-33)25-9-8-21(31)15-24(25)30(4,5)20-7-10-26-19(14-20)11-12-29(2,3)37-26/h7-10,13-17H,11-12H2,1-6H3,(H,34,35). The zero-order chi connectivity index (χ0) is 27.1. The lowest BCUT2D eigenvalue weighted by atomic mass is 9.76. The summed E-state index contributed by atoms with van der Waals surface area (Å²) < 4.78 is 11.5. The highest BCUT2D eigenvalue weighted by molar-refractivity contribution is 6.30. The Kier molecular flexibility index (Phi) is 6.99. The molecule has 0 atom stereocenters. The minimum atomic E-state index is -1.14. The van der Waals surface area contributed by atoms with Gasteiger partial charge in [0.05, 0.1) is 18.5 Å². The molecule has 6 nitrogen and oxygen atoms in total. The van der Waals surface area contributed by atoms with E-state index >= 15 is 0 Å². The average molecular weight is 522 g/mol. The molecule has 0 radical (unpaired) electrons. The Labute approximate surface area is 222 Å². The molecule has 3 aromatic rings. The largest absolute Gasteiger partial charge is 0.496 e. The number of fused-ring (bicyclic) bond motifs is 1. The van der Waals surface area contributed by atoms with Gasteiger partial charge < -0.3 is 14.6 Å². The van der Waals surface area contributed by atoms with Crippen LogP contribution in [0, 0.1) is 6.92 Å². The average Bonchev–Trinajstić information content (AvgIpc) is 2.84. The lowest BCUT2D eigenvalue weighted by Gasteiger charge is -2.35. The first-order valence-corrected chi connectivity index (χ1v) is 12.5. The van der Waals surface area contributed by atoms with Crippen molar-refractivity contribution in [3.05, 3.63) is 81.4 Å². The van der Waals surface area contributed by atoms with Crippen molar-refractivity contribution in [3.63, 3.8) is 0 Å².